The van der Waals surface area contributed by atoms with Gasteiger partial charge < -0.3 is 29.7 Å². The number of alkyl carbamates (subject to hydrolysis) is 1. The Morgan fingerprint density at radius 2 is 1.68 bits per heavy atom. The molecular formula is C38H46N4O10S. The van der Waals surface area contributed by atoms with Crippen LogP contribution in [0.25, 0.3) is 11.1 Å². The van der Waals surface area contributed by atoms with Gasteiger partial charge in [0.1, 0.15) is 29.3 Å². The van der Waals surface area contributed by atoms with Gasteiger partial charge in [0, 0.05) is 18.9 Å². The van der Waals surface area contributed by atoms with Gasteiger partial charge in [-0.15, -0.1) is 0 Å². The zero-order valence-electron chi connectivity index (χ0n) is 30.0. The maximum Gasteiger partial charge on any atom is 0.408 e. The van der Waals surface area contributed by atoms with Crippen molar-refractivity contribution in [3.8, 4) is 11.1 Å². The van der Waals surface area contributed by atoms with Gasteiger partial charge in [0.15, 0.2) is 0 Å². The van der Waals surface area contributed by atoms with Crippen molar-refractivity contribution >= 4 is 39.8 Å². The van der Waals surface area contributed by atoms with Crippen LogP contribution < -0.4 is 15.4 Å². The third kappa shape index (κ3) is 9.25. The molecule has 0 spiro atoms. The Morgan fingerprint density at radius 3 is 2.36 bits per heavy atom. The predicted octanol–water partition coefficient (Wildman–Crippen LogP) is 3.22. The van der Waals surface area contributed by atoms with Gasteiger partial charge in [0.05, 0.1) is 24.0 Å². The number of amides is 4. The first-order chi connectivity index (χ1) is 25.1. The number of ether oxygens (including phenoxy) is 3. The lowest BCUT2D eigenvalue weighted by molar-refractivity contribution is -0.141. The molecule has 0 aromatic heterocycles. The van der Waals surface area contributed by atoms with Gasteiger partial charge in [-0.25, -0.2) is 18.0 Å². The molecule has 2 aliphatic heterocycles. The van der Waals surface area contributed by atoms with Crippen LogP contribution in [-0.2, 0) is 38.6 Å². The van der Waals surface area contributed by atoms with Crippen LogP contribution in [0, 0.1) is 5.92 Å². The zero-order chi connectivity index (χ0) is 38.0. The Kier molecular flexibility index (Phi) is 11.0. The lowest BCUT2D eigenvalue weighted by Gasteiger charge is -2.30. The number of carbonyl (C=O) groups is 5. The predicted molar refractivity (Wildman–Crippen MR) is 193 cm³/mol. The molecular weight excluding hydrogens is 705 g/mol. The summed E-state index contributed by atoms with van der Waals surface area (Å²) in [5, 5.41) is 4.75. The van der Waals surface area contributed by atoms with Crippen molar-refractivity contribution in [3.05, 3.63) is 72.3 Å². The first-order valence-electron chi connectivity index (χ1n) is 17.9. The lowest BCUT2D eigenvalue weighted by atomic mass is 10.0. The van der Waals surface area contributed by atoms with Crippen molar-refractivity contribution in [2.75, 3.05) is 19.8 Å². The number of esters is 1. The summed E-state index contributed by atoms with van der Waals surface area (Å²) in [6.45, 7) is 5.31. The minimum atomic E-state index is -3.93. The molecule has 2 aliphatic carbocycles. The van der Waals surface area contributed by atoms with E-state index in [2.05, 4.69) is 15.4 Å². The summed E-state index contributed by atoms with van der Waals surface area (Å²) >= 11 is 0. The normalized spacial score (nSPS) is 27.1. The van der Waals surface area contributed by atoms with Crippen molar-refractivity contribution in [3.63, 3.8) is 0 Å². The molecule has 2 aromatic rings. The van der Waals surface area contributed by atoms with E-state index in [9.17, 15) is 32.4 Å². The number of nitrogens with one attached hydrogen (secondary N) is 3. The second kappa shape index (κ2) is 15.3. The van der Waals surface area contributed by atoms with Gasteiger partial charge in [-0.05, 0) is 76.1 Å². The Hall–Kier alpha value is -4.76. The van der Waals surface area contributed by atoms with Crippen molar-refractivity contribution < 1.29 is 46.6 Å². The summed E-state index contributed by atoms with van der Waals surface area (Å²) in [6.07, 6.45) is 3.09. The molecule has 1 saturated heterocycles. The zero-order valence-corrected chi connectivity index (χ0v) is 30.9. The average Bonchev–Trinajstić information content (AvgIpc) is 4.03. The standard InChI is InChI=1S/C38H46N4O10S/c1-37(2,3)52-36(47)39-30-12-8-20-50-19-7-11-27-22-38(27,35(46)41-53(48,49)29-17-18-29)40-32(43)31-21-28(23-42(31)33(30)44)51-34(45)26-15-13-25(14-16-26)24-9-5-4-6-10-24/h4-7,9-11,13-16,27-31H,8,12,17-23H2,1-3H3,(H,39,47)(H,40,43)(H,41,46)/b11-7-/t27-,28-,30+,31+,38-/m1/s1. The monoisotopic (exact) mass is 750 g/mol. The fourth-order valence-electron chi connectivity index (χ4n) is 6.66. The largest absolute Gasteiger partial charge is 0.457 e. The molecule has 284 valence electrons. The third-order valence-corrected chi connectivity index (χ3v) is 11.5. The van der Waals surface area contributed by atoms with Gasteiger partial charge >= 0.3 is 12.1 Å². The van der Waals surface area contributed by atoms with Gasteiger partial charge in [0.2, 0.25) is 21.8 Å². The second-order valence-electron chi connectivity index (χ2n) is 15.0. The molecule has 5 atom stereocenters. The van der Waals surface area contributed by atoms with E-state index in [-0.39, 0.29) is 44.6 Å². The molecule has 15 heteroatoms. The Bertz CT molecular complexity index is 1860. The molecule has 14 nitrogen and oxygen atoms in total. The summed E-state index contributed by atoms with van der Waals surface area (Å²) in [4.78, 5) is 69.6. The molecule has 53 heavy (non-hydrogen) atoms. The summed E-state index contributed by atoms with van der Waals surface area (Å²) in [5.74, 6) is -3.38. The van der Waals surface area contributed by atoms with Gasteiger partial charge in [-0.2, -0.15) is 0 Å². The second-order valence-corrected chi connectivity index (χ2v) is 17.0. The Labute approximate surface area is 309 Å². The lowest BCUT2D eigenvalue weighted by Crippen LogP contribution is -2.58. The average molecular weight is 751 g/mol. The molecule has 4 amide bonds. The number of fused-ring (bicyclic) bond motifs is 2. The highest BCUT2D eigenvalue weighted by atomic mass is 32.2. The number of benzene rings is 2. The SMILES string of the molecule is CC(C)(C)OC(=O)N[C@H]1CCCOC/C=C\[C@@H]2C[C@@]2(C(=O)NS(=O)(=O)C2CC2)NC(=O)[C@@H]2C[C@@H](OC(=O)c3ccc(-c4ccccc4)cc3)CN2C1=O. The Balaban J connectivity index is 1.25. The molecule has 2 aromatic carbocycles. The summed E-state index contributed by atoms with van der Waals surface area (Å²) in [6, 6.07) is 14.2. The maximum atomic E-state index is 14.3. The quantitative estimate of drug-likeness (QED) is 0.280. The van der Waals surface area contributed by atoms with E-state index in [4.69, 9.17) is 14.2 Å². The van der Waals surface area contributed by atoms with E-state index in [0.717, 1.165) is 11.1 Å². The Morgan fingerprint density at radius 1 is 0.981 bits per heavy atom. The van der Waals surface area contributed by atoms with E-state index < -0.39 is 80.3 Å². The summed E-state index contributed by atoms with van der Waals surface area (Å²) in [7, 11) is -3.93. The highest BCUT2D eigenvalue weighted by molar-refractivity contribution is 7.91. The molecule has 6 rings (SSSR count). The summed E-state index contributed by atoms with van der Waals surface area (Å²) < 4.78 is 44.6. The van der Waals surface area contributed by atoms with Gasteiger partial charge in [0.25, 0.3) is 5.91 Å². The number of rotatable bonds is 7. The molecule has 2 heterocycles. The fourth-order valence-corrected chi connectivity index (χ4v) is 8.02. The van der Waals surface area contributed by atoms with E-state index in [1.54, 1.807) is 57.2 Å². The number of carbonyl (C=O) groups excluding carboxylic acids is 5. The van der Waals surface area contributed by atoms with Crippen LogP contribution in [0.3, 0.4) is 0 Å². The van der Waals surface area contributed by atoms with Crippen molar-refractivity contribution in [1.29, 1.82) is 0 Å². The fraction of sp³-hybridized carbons (Fsp3) is 0.500. The molecule has 0 radical (unpaired) electrons. The first kappa shape index (κ1) is 38.0. The van der Waals surface area contributed by atoms with Crippen LogP contribution >= 0.6 is 0 Å². The van der Waals surface area contributed by atoms with E-state index in [1.807, 2.05) is 30.3 Å². The molecule has 4 aliphatic rings. The number of nitrogens with zero attached hydrogens (tertiary/aromatic N) is 1. The van der Waals surface area contributed by atoms with E-state index in [1.165, 1.54) is 4.90 Å². The van der Waals surface area contributed by atoms with Crippen molar-refractivity contribution in [2.45, 2.75) is 93.9 Å². The molecule has 0 unspecified atom stereocenters. The highest BCUT2D eigenvalue weighted by Crippen LogP contribution is 2.46. The first-order valence-corrected chi connectivity index (χ1v) is 19.5. The number of hydrogen-bond acceptors (Lipinski definition) is 10. The van der Waals surface area contributed by atoms with Crippen LogP contribution in [0.15, 0.2) is 66.7 Å². The van der Waals surface area contributed by atoms with Gasteiger partial charge in [-0.1, -0.05) is 54.6 Å². The van der Waals surface area contributed by atoms with Crippen LogP contribution in [-0.4, -0.2) is 97.4 Å². The minimum Gasteiger partial charge on any atom is -0.457 e. The van der Waals surface area contributed by atoms with Crippen LogP contribution in [0.1, 0.15) is 69.7 Å². The van der Waals surface area contributed by atoms with Gasteiger partial charge in [-0.3, -0.25) is 19.1 Å². The number of sulfonamides is 1. The minimum absolute atomic E-state index is 0.105. The molecule has 3 N–H and O–H groups in total. The summed E-state index contributed by atoms with van der Waals surface area (Å²) in [5.41, 5.74) is -0.285. The third-order valence-electron chi connectivity index (χ3n) is 9.67. The highest BCUT2D eigenvalue weighted by Gasteiger charge is 2.62. The molecule has 2 saturated carbocycles. The van der Waals surface area contributed by atoms with Crippen LogP contribution in [0.5, 0.6) is 0 Å². The van der Waals surface area contributed by atoms with E-state index >= 15 is 0 Å². The topological polar surface area (TPSA) is 187 Å². The molecule has 0 bridgehead atoms. The van der Waals surface area contributed by atoms with E-state index in [0.29, 0.717) is 19.3 Å². The maximum absolute atomic E-state index is 14.3. The number of hydrogen-bond donors (Lipinski definition) is 3. The van der Waals surface area contributed by atoms with Crippen LogP contribution in [0.4, 0.5) is 4.79 Å². The van der Waals surface area contributed by atoms with Crippen molar-refractivity contribution in [1.82, 2.24) is 20.3 Å². The smallest absolute Gasteiger partial charge is 0.408 e. The molecule has 3 fully saturated rings. The van der Waals surface area contributed by atoms with Crippen LogP contribution in [0.2, 0.25) is 0 Å². The van der Waals surface area contributed by atoms with Crippen molar-refractivity contribution in [2.24, 2.45) is 5.92 Å².